The molecule has 1 N–H and O–H groups in total. The Labute approximate surface area is 124 Å². The second-order valence-electron chi connectivity index (χ2n) is 4.04. The van der Waals surface area contributed by atoms with Gasteiger partial charge in [0.25, 0.3) is 5.69 Å². The number of halogens is 1. The van der Waals surface area contributed by atoms with E-state index < -0.39 is 10.9 Å². The monoisotopic (exact) mass is 310 g/mol. The number of ether oxygens (including phenoxy) is 1. The first-order valence-corrected chi connectivity index (χ1v) is 6.23. The highest BCUT2D eigenvalue weighted by molar-refractivity contribution is 6.31. The molecule has 110 valence electrons. The molecule has 0 aliphatic carbocycles. The van der Waals surface area contributed by atoms with Gasteiger partial charge in [0.2, 0.25) is 5.76 Å². The Morgan fingerprint density at radius 2 is 2.24 bits per heavy atom. The summed E-state index contributed by atoms with van der Waals surface area (Å²) < 4.78 is 9.61. The number of benzene rings is 1. The normalized spacial score (nSPS) is 10.2. The van der Waals surface area contributed by atoms with Gasteiger partial charge >= 0.3 is 5.97 Å². The molecule has 1 heterocycles. The number of nitro benzene ring substituents is 1. The highest BCUT2D eigenvalue weighted by Gasteiger charge is 2.18. The van der Waals surface area contributed by atoms with Crippen molar-refractivity contribution in [2.45, 2.75) is 6.54 Å². The number of carbonyl (C=O) groups is 1. The summed E-state index contributed by atoms with van der Waals surface area (Å²) in [5, 5.41) is 14.2. The summed E-state index contributed by atoms with van der Waals surface area (Å²) in [6.07, 6.45) is 1.34. The molecule has 2 aromatic rings. The highest BCUT2D eigenvalue weighted by Crippen LogP contribution is 2.28. The molecule has 0 saturated heterocycles. The smallest absolute Gasteiger partial charge is 0.374 e. The first-order valence-electron chi connectivity index (χ1n) is 5.85. The molecule has 0 atom stereocenters. The quantitative estimate of drug-likeness (QED) is 0.517. The molecule has 0 spiro atoms. The maximum atomic E-state index is 11.5. The van der Waals surface area contributed by atoms with Gasteiger partial charge in [-0.25, -0.2) is 4.79 Å². The average Bonchev–Trinajstić information content (AvgIpc) is 2.92. The van der Waals surface area contributed by atoms with E-state index in [1.807, 2.05) is 0 Å². The van der Waals surface area contributed by atoms with Crippen LogP contribution in [0.2, 0.25) is 5.02 Å². The first kappa shape index (κ1) is 14.9. The minimum absolute atomic E-state index is 0.0506. The van der Waals surface area contributed by atoms with Crippen LogP contribution in [0, 0.1) is 10.1 Å². The van der Waals surface area contributed by atoms with Crippen molar-refractivity contribution < 1.29 is 18.9 Å². The molecule has 21 heavy (non-hydrogen) atoms. The van der Waals surface area contributed by atoms with Crippen molar-refractivity contribution in [3.05, 3.63) is 57.0 Å². The third kappa shape index (κ3) is 3.32. The molecular weight excluding hydrogens is 300 g/mol. The van der Waals surface area contributed by atoms with E-state index in [0.29, 0.717) is 10.6 Å². The van der Waals surface area contributed by atoms with Gasteiger partial charge in [-0.15, -0.1) is 0 Å². The number of anilines is 1. The maximum Gasteiger partial charge on any atom is 0.374 e. The molecule has 0 radical (unpaired) electrons. The number of rotatable bonds is 5. The predicted molar refractivity (Wildman–Crippen MR) is 75.5 cm³/mol. The summed E-state index contributed by atoms with van der Waals surface area (Å²) in [6.45, 7) is 0.155. The molecule has 0 unspecified atom stereocenters. The van der Waals surface area contributed by atoms with Crippen LogP contribution in [0.25, 0.3) is 0 Å². The lowest BCUT2D eigenvalue weighted by Crippen LogP contribution is -2.07. The van der Waals surface area contributed by atoms with Gasteiger partial charge in [-0.1, -0.05) is 11.6 Å². The Balaban J connectivity index is 2.21. The third-order valence-electron chi connectivity index (χ3n) is 2.74. The zero-order valence-electron chi connectivity index (χ0n) is 11.0. The Hall–Kier alpha value is -2.54. The van der Waals surface area contributed by atoms with Crippen molar-refractivity contribution in [3.8, 4) is 0 Å². The zero-order valence-corrected chi connectivity index (χ0v) is 11.7. The third-order valence-corrected chi connectivity index (χ3v) is 2.98. The lowest BCUT2D eigenvalue weighted by Gasteiger charge is -2.07. The number of furan rings is 1. The van der Waals surface area contributed by atoms with E-state index >= 15 is 0 Å². The van der Waals surface area contributed by atoms with Gasteiger partial charge < -0.3 is 14.5 Å². The van der Waals surface area contributed by atoms with Gasteiger partial charge in [0.1, 0.15) is 5.69 Å². The number of nitrogens with one attached hydrogen (secondary N) is 1. The molecule has 0 aliphatic heterocycles. The van der Waals surface area contributed by atoms with Gasteiger partial charge in [-0.3, -0.25) is 10.1 Å². The van der Waals surface area contributed by atoms with E-state index in [0.717, 1.165) is 0 Å². The zero-order chi connectivity index (χ0) is 15.4. The average molecular weight is 311 g/mol. The Bertz CT molecular complexity index is 683. The number of esters is 1. The van der Waals surface area contributed by atoms with Crippen LogP contribution in [0.3, 0.4) is 0 Å². The van der Waals surface area contributed by atoms with Crippen LogP contribution >= 0.6 is 11.6 Å². The van der Waals surface area contributed by atoms with Gasteiger partial charge in [0.15, 0.2) is 0 Å². The number of methoxy groups -OCH3 is 1. The molecule has 0 amide bonds. The Kier molecular flexibility index (Phi) is 4.44. The lowest BCUT2D eigenvalue weighted by molar-refractivity contribution is -0.384. The van der Waals surface area contributed by atoms with Crippen LogP contribution in [0.4, 0.5) is 11.4 Å². The molecule has 0 bridgehead atoms. The number of carbonyl (C=O) groups excluding carboxylic acids is 1. The van der Waals surface area contributed by atoms with Crippen LogP contribution < -0.4 is 5.32 Å². The van der Waals surface area contributed by atoms with Crippen LogP contribution in [-0.2, 0) is 11.3 Å². The summed E-state index contributed by atoms with van der Waals surface area (Å²) in [5.74, 6) is -0.563. The van der Waals surface area contributed by atoms with E-state index in [1.54, 1.807) is 6.07 Å². The molecule has 0 aliphatic rings. The van der Waals surface area contributed by atoms with Crippen LogP contribution in [0.15, 0.2) is 34.9 Å². The van der Waals surface area contributed by atoms with Crippen molar-refractivity contribution >= 4 is 28.9 Å². The van der Waals surface area contributed by atoms with Gasteiger partial charge in [-0.2, -0.15) is 0 Å². The van der Waals surface area contributed by atoms with Crippen LogP contribution in [0.1, 0.15) is 16.1 Å². The fourth-order valence-electron chi connectivity index (χ4n) is 1.75. The fourth-order valence-corrected chi connectivity index (χ4v) is 1.92. The topological polar surface area (TPSA) is 94.6 Å². The molecule has 7 nitrogen and oxygen atoms in total. The Morgan fingerprint density at radius 3 is 2.90 bits per heavy atom. The SMILES string of the molecule is COC(=O)c1occc1CNc1cc(Cl)ccc1[N+](=O)[O-]. The molecule has 0 fully saturated rings. The lowest BCUT2D eigenvalue weighted by atomic mass is 10.2. The molecule has 0 saturated carbocycles. The summed E-state index contributed by atoms with van der Waals surface area (Å²) in [5.41, 5.74) is 0.670. The van der Waals surface area contributed by atoms with Crippen molar-refractivity contribution in [1.29, 1.82) is 0 Å². The van der Waals surface area contributed by atoms with Crippen molar-refractivity contribution in [3.63, 3.8) is 0 Å². The van der Waals surface area contributed by atoms with E-state index in [1.165, 1.54) is 31.6 Å². The van der Waals surface area contributed by atoms with Crippen molar-refractivity contribution in [2.75, 3.05) is 12.4 Å². The minimum Gasteiger partial charge on any atom is -0.463 e. The Morgan fingerprint density at radius 1 is 1.48 bits per heavy atom. The summed E-state index contributed by atoms with van der Waals surface area (Å²) >= 11 is 5.83. The predicted octanol–water partition coefficient (Wildman–Crippen LogP) is 3.24. The van der Waals surface area contributed by atoms with Crippen LogP contribution in [-0.4, -0.2) is 18.0 Å². The second-order valence-corrected chi connectivity index (χ2v) is 4.48. The van der Waals surface area contributed by atoms with E-state index in [9.17, 15) is 14.9 Å². The number of nitro groups is 1. The molecule has 2 rings (SSSR count). The van der Waals surface area contributed by atoms with Crippen molar-refractivity contribution in [2.24, 2.45) is 0 Å². The van der Waals surface area contributed by atoms with Crippen molar-refractivity contribution in [1.82, 2.24) is 0 Å². The van der Waals surface area contributed by atoms with Gasteiger partial charge in [0, 0.05) is 23.2 Å². The second kappa shape index (κ2) is 6.27. The van der Waals surface area contributed by atoms with E-state index in [4.69, 9.17) is 16.0 Å². The molecule has 1 aromatic carbocycles. The fraction of sp³-hybridized carbons (Fsp3) is 0.154. The standard InChI is InChI=1S/C13H11ClN2O5/c1-20-13(17)12-8(4-5-21-12)7-15-10-6-9(14)2-3-11(10)16(18)19/h2-6,15H,7H2,1H3. The summed E-state index contributed by atoms with van der Waals surface area (Å²) in [7, 11) is 1.24. The molecule has 1 aromatic heterocycles. The van der Waals surface area contributed by atoms with Gasteiger partial charge in [-0.05, 0) is 18.2 Å². The highest BCUT2D eigenvalue weighted by atomic mass is 35.5. The number of hydrogen-bond donors (Lipinski definition) is 1. The summed E-state index contributed by atoms with van der Waals surface area (Å²) in [6, 6.07) is 5.76. The number of hydrogen-bond acceptors (Lipinski definition) is 6. The van der Waals surface area contributed by atoms with E-state index in [2.05, 4.69) is 10.1 Å². The van der Waals surface area contributed by atoms with E-state index in [-0.39, 0.29) is 23.7 Å². The number of nitrogens with zero attached hydrogens (tertiary/aromatic N) is 1. The first-order chi connectivity index (χ1) is 10.0. The van der Waals surface area contributed by atoms with Gasteiger partial charge in [0.05, 0.1) is 18.3 Å². The van der Waals surface area contributed by atoms with Crippen LogP contribution in [0.5, 0.6) is 0 Å². The minimum atomic E-state index is -0.614. The summed E-state index contributed by atoms with van der Waals surface area (Å²) in [4.78, 5) is 21.9. The maximum absolute atomic E-state index is 11.5. The molecular formula is C13H11ClN2O5. The largest absolute Gasteiger partial charge is 0.463 e. The molecule has 8 heteroatoms.